The van der Waals surface area contributed by atoms with Crippen molar-refractivity contribution in [3.8, 4) is 0 Å². The zero-order chi connectivity index (χ0) is 13.8. The zero-order valence-corrected chi connectivity index (χ0v) is 12.0. The van der Waals surface area contributed by atoms with Crippen molar-refractivity contribution in [2.24, 2.45) is 4.99 Å². The molecule has 0 spiro atoms. The van der Waals surface area contributed by atoms with E-state index in [1.165, 1.54) is 6.07 Å². The number of rotatable bonds is 3. The van der Waals surface area contributed by atoms with Crippen LogP contribution in [-0.2, 0) is 6.54 Å². The number of nitrogens with zero attached hydrogens (tertiary/aromatic N) is 1. The molecule has 0 saturated heterocycles. The van der Waals surface area contributed by atoms with E-state index in [0.29, 0.717) is 0 Å². The second kappa shape index (κ2) is 6.26. The second-order valence-electron chi connectivity index (χ2n) is 3.83. The molecule has 0 N–H and O–H groups in total. The molecule has 2 aromatic carbocycles. The van der Waals surface area contributed by atoms with Gasteiger partial charge in [-0.05, 0) is 29.8 Å². The Labute approximate surface area is 123 Å². The first-order chi connectivity index (χ1) is 9.08. The number of halogens is 4. The maximum absolute atomic E-state index is 13.5. The van der Waals surface area contributed by atoms with Crippen molar-refractivity contribution in [3.63, 3.8) is 0 Å². The second-order valence-corrected chi connectivity index (χ2v) is 5.10. The van der Waals surface area contributed by atoms with Gasteiger partial charge in [-0.15, -0.1) is 0 Å². The van der Waals surface area contributed by atoms with E-state index in [1.54, 1.807) is 0 Å². The van der Waals surface area contributed by atoms with Crippen molar-refractivity contribution in [1.29, 1.82) is 0 Å². The van der Waals surface area contributed by atoms with Crippen molar-refractivity contribution in [1.82, 2.24) is 0 Å². The van der Waals surface area contributed by atoms with Gasteiger partial charge in [0.15, 0.2) is 0 Å². The van der Waals surface area contributed by atoms with Crippen molar-refractivity contribution in [2.75, 3.05) is 0 Å². The molecule has 1 nitrogen and oxygen atoms in total. The summed E-state index contributed by atoms with van der Waals surface area (Å²) in [4.78, 5) is 4.00. The van der Waals surface area contributed by atoms with Crippen LogP contribution < -0.4 is 0 Å². The molecule has 0 saturated carbocycles. The fourth-order valence-corrected chi connectivity index (χ4v) is 2.03. The molecule has 0 aromatic heterocycles. The fourth-order valence-electron chi connectivity index (χ4n) is 1.52. The largest absolute Gasteiger partial charge is 0.268 e. The Morgan fingerprint density at radius 3 is 2.21 bits per heavy atom. The van der Waals surface area contributed by atoms with Gasteiger partial charge >= 0.3 is 0 Å². The van der Waals surface area contributed by atoms with Gasteiger partial charge in [-0.3, -0.25) is 4.99 Å². The van der Waals surface area contributed by atoms with Crippen LogP contribution in [0, 0.1) is 11.6 Å². The predicted molar refractivity (Wildman–Crippen MR) is 76.6 cm³/mol. The average Bonchev–Trinajstić information content (AvgIpc) is 2.38. The van der Waals surface area contributed by atoms with E-state index in [9.17, 15) is 8.78 Å². The van der Waals surface area contributed by atoms with Crippen LogP contribution in [0.2, 0.25) is 0 Å². The molecular weight excluding hydrogens is 336 g/mol. The molecule has 0 amide bonds. The third-order valence-electron chi connectivity index (χ3n) is 2.48. The molecule has 0 bridgehead atoms. The van der Waals surface area contributed by atoms with Gasteiger partial charge in [0.25, 0.3) is 0 Å². The third-order valence-corrected chi connectivity index (χ3v) is 3.32. The number of hydrogen-bond acceptors (Lipinski definition) is 1. The Balaban J connectivity index is 2.22. The lowest BCUT2D eigenvalue weighted by atomic mass is 10.2. The molecule has 0 heterocycles. The summed E-state index contributed by atoms with van der Waals surface area (Å²) in [5.74, 6) is -1.44. The van der Waals surface area contributed by atoms with Crippen LogP contribution in [0.1, 0.15) is 11.1 Å². The van der Waals surface area contributed by atoms with E-state index >= 15 is 0 Å². The van der Waals surface area contributed by atoms with Gasteiger partial charge < -0.3 is 0 Å². The zero-order valence-electron chi connectivity index (χ0n) is 9.71. The molecule has 0 aliphatic rings. The van der Waals surface area contributed by atoms with Crippen LogP contribution in [0.25, 0.3) is 0 Å². The highest BCUT2D eigenvalue weighted by Crippen LogP contribution is 2.17. The first-order valence-electron chi connectivity index (χ1n) is 5.46. The van der Waals surface area contributed by atoms with E-state index in [0.717, 1.165) is 22.2 Å². The lowest BCUT2D eigenvalue weighted by Gasteiger charge is -2.03. The maximum Gasteiger partial charge on any atom is 0.137 e. The van der Waals surface area contributed by atoms with Crippen LogP contribution >= 0.6 is 27.5 Å². The van der Waals surface area contributed by atoms with Crippen LogP contribution in [0.15, 0.2) is 51.9 Å². The monoisotopic (exact) mass is 343 g/mol. The minimum atomic E-state index is -0.718. The van der Waals surface area contributed by atoms with E-state index in [4.69, 9.17) is 11.6 Å². The molecule has 0 aliphatic carbocycles. The topological polar surface area (TPSA) is 12.4 Å². The van der Waals surface area contributed by atoms with Crippen molar-refractivity contribution in [2.45, 2.75) is 6.54 Å². The van der Waals surface area contributed by atoms with Crippen LogP contribution in [0.4, 0.5) is 8.78 Å². The molecule has 5 heteroatoms. The standard InChI is InChI=1S/C14H9BrClF2N/c15-10-6-4-9(5-7-10)8-19-14(16)13-11(17)2-1-3-12(13)18/h1-7H,8H2. The minimum Gasteiger partial charge on any atom is -0.268 e. The first-order valence-corrected chi connectivity index (χ1v) is 6.64. The highest BCUT2D eigenvalue weighted by molar-refractivity contribution is 9.10. The molecule has 0 unspecified atom stereocenters. The molecule has 0 radical (unpaired) electrons. The van der Waals surface area contributed by atoms with Gasteiger partial charge in [-0.25, -0.2) is 8.78 Å². The van der Waals surface area contributed by atoms with Crippen molar-refractivity contribution in [3.05, 3.63) is 69.7 Å². The van der Waals surface area contributed by atoms with E-state index in [2.05, 4.69) is 20.9 Å². The van der Waals surface area contributed by atoms with Crippen LogP contribution in [0.5, 0.6) is 0 Å². The summed E-state index contributed by atoms with van der Waals surface area (Å²) in [5.41, 5.74) is 0.611. The predicted octanol–water partition coefficient (Wildman–Crippen LogP) is 4.91. The summed E-state index contributed by atoms with van der Waals surface area (Å²) >= 11 is 9.18. The Morgan fingerprint density at radius 1 is 1.05 bits per heavy atom. The van der Waals surface area contributed by atoms with Gasteiger partial charge in [0.05, 0.1) is 12.1 Å². The maximum atomic E-state index is 13.5. The number of benzene rings is 2. The molecule has 98 valence electrons. The molecule has 0 atom stereocenters. The lowest BCUT2D eigenvalue weighted by molar-refractivity contribution is 0.579. The number of hydrogen-bond donors (Lipinski definition) is 0. The van der Waals surface area contributed by atoms with Crippen LogP contribution in [0.3, 0.4) is 0 Å². The summed E-state index contributed by atoms with van der Waals surface area (Å²) in [5, 5.41) is -0.168. The summed E-state index contributed by atoms with van der Waals surface area (Å²) in [7, 11) is 0. The summed E-state index contributed by atoms with van der Waals surface area (Å²) in [6.07, 6.45) is 0. The van der Waals surface area contributed by atoms with Gasteiger partial charge in [0, 0.05) is 4.47 Å². The first kappa shape index (κ1) is 14.2. The Morgan fingerprint density at radius 2 is 1.63 bits per heavy atom. The Bertz CT molecular complexity index is 591. The fraction of sp³-hybridized carbons (Fsp3) is 0.0714. The SMILES string of the molecule is Fc1cccc(F)c1C(Cl)=NCc1ccc(Br)cc1. The molecule has 2 aromatic rings. The summed E-state index contributed by atoms with van der Waals surface area (Å²) in [6, 6.07) is 11.0. The summed E-state index contributed by atoms with van der Waals surface area (Å²) < 4.78 is 27.9. The van der Waals surface area contributed by atoms with Crippen LogP contribution in [-0.4, -0.2) is 5.17 Å². The van der Waals surface area contributed by atoms with Crippen molar-refractivity contribution < 1.29 is 8.78 Å². The average molecular weight is 345 g/mol. The van der Waals surface area contributed by atoms with Gasteiger partial charge in [-0.2, -0.15) is 0 Å². The van der Waals surface area contributed by atoms with Gasteiger partial charge in [0.1, 0.15) is 16.8 Å². The molecular formula is C14H9BrClF2N. The third kappa shape index (κ3) is 3.61. The molecule has 19 heavy (non-hydrogen) atoms. The molecule has 0 fully saturated rings. The van der Waals surface area contributed by atoms with E-state index < -0.39 is 11.6 Å². The van der Waals surface area contributed by atoms with Gasteiger partial charge in [0.2, 0.25) is 0 Å². The van der Waals surface area contributed by atoms with E-state index in [-0.39, 0.29) is 17.3 Å². The van der Waals surface area contributed by atoms with E-state index in [1.807, 2.05) is 24.3 Å². The molecule has 2 rings (SSSR count). The quantitative estimate of drug-likeness (QED) is 0.701. The normalized spacial score (nSPS) is 11.7. The Hall–Kier alpha value is -1.26. The smallest absolute Gasteiger partial charge is 0.137 e. The van der Waals surface area contributed by atoms with Crippen molar-refractivity contribution >= 4 is 32.7 Å². The Kier molecular flexibility index (Phi) is 4.66. The lowest BCUT2D eigenvalue weighted by Crippen LogP contribution is -2.01. The highest BCUT2D eigenvalue weighted by Gasteiger charge is 2.12. The highest BCUT2D eigenvalue weighted by atomic mass is 79.9. The number of aliphatic imine (C=N–C) groups is 1. The summed E-state index contributed by atoms with van der Waals surface area (Å²) in [6.45, 7) is 0.264. The molecule has 0 aliphatic heterocycles. The minimum absolute atomic E-state index is 0.168. The van der Waals surface area contributed by atoms with Gasteiger partial charge in [-0.1, -0.05) is 45.7 Å².